The topological polar surface area (TPSA) is 66.0 Å². The van der Waals surface area contributed by atoms with Crippen molar-refractivity contribution in [3.8, 4) is 0 Å². The second kappa shape index (κ2) is 6.95. The lowest BCUT2D eigenvalue weighted by Crippen LogP contribution is -2.55. The fourth-order valence-electron chi connectivity index (χ4n) is 6.40. The number of rotatable bonds is 6. The number of aromatic nitrogens is 3. The molecular formula is C21H32N6. The van der Waals surface area contributed by atoms with Crippen molar-refractivity contribution in [2.75, 3.05) is 35.2 Å². The van der Waals surface area contributed by atoms with Crippen LogP contribution in [0.1, 0.15) is 57.8 Å². The first-order valence-corrected chi connectivity index (χ1v) is 10.9. The van der Waals surface area contributed by atoms with Crippen molar-refractivity contribution < 1.29 is 0 Å². The molecule has 0 amide bonds. The van der Waals surface area contributed by atoms with Gasteiger partial charge in [-0.3, -0.25) is 0 Å². The summed E-state index contributed by atoms with van der Waals surface area (Å²) in [6.07, 6.45) is 13.8. The summed E-state index contributed by atoms with van der Waals surface area (Å²) in [5, 5.41) is 7.10. The summed E-state index contributed by atoms with van der Waals surface area (Å²) >= 11 is 0. The van der Waals surface area contributed by atoms with Crippen molar-refractivity contribution in [2.24, 2.45) is 17.8 Å². The van der Waals surface area contributed by atoms with Gasteiger partial charge in [0.05, 0.1) is 0 Å². The van der Waals surface area contributed by atoms with E-state index in [1.807, 2.05) is 6.08 Å². The van der Waals surface area contributed by atoms with Crippen molar-refractivity contribution >= 4 is 17.8 Å². The summed E-state index contributed by atoms with van der Waals surface area (Å²) in [5.41, 5.74) is 0.213. The average Bonchev–Trinajstić information content (AvgIpc) is 2.65. The molecule has 5 fully saturated rings. The molecule has 0 unspecified atom stereocenters. The maximum atomic E-state index is 4.87. The van der Waals surface area contributed by atoms with Crippen LogP contribution in [0.25, 0.3) is 0 Å². The maximum Gasteiger partial charge on any atom is 0.231 e. The molecule has 1 aromatic rings. The molecule has 0 spiro atoms. The Kier molecular flexibility index (Phi) is 4.44. The maximum absolute atomic E-state index is 4.87. The quantitative estimate of drug-likeness (QED) is 0.744. The zero-order chi connectivity index (χ0) is 18.3. The average molecular weight is 369 g/mol. The molecule has 2 heterocycles. The van der Waals surface area contributed by atoms with E-state index in [1.54, 1.807) is 0 Å². The Hall–Kier alpha value is -1.85. The minimum absolute atomic E-state index is 0.213. The van der Waals surface area contributed by atoms with Gasteiger partial charge in [0.2, 0.25) is 17.8 Å². The molecule has 6 nitrogen and oxygen atoms in total. The highest BCUT2D eigenvalue weighted by molar-refractivity contribution is 5.46. The van der Waals surface area contributed by atoms with Crippen LogP contribution in [-0.2, 0) is 0 Å². The Balaban J connectivity index is 1.41. The molecular weight excluding hydrogens is 336 g/mol. The molecule has 4 bridgehead atoms. The highest BCUT2D eigenvalue weighted by atomic mass is 15.3. The second-order valence-corrected chi connectivity index (χ2v) is 9.32. The normalized spacial score (nSPS) is 34.5. The van der Waals surface area contributed by atoms with Crippen LogP contribution < -0.4 is 15.5 Å². The van der Waals surface area contributed by atoms with Gasteiger partial charge in [0.1, 0.15) is 0 Å². The largest absolute Gasteiger partial charge is 0.351 e. The first-order valence-electron chi connectivity index (χ1n) is 10.9. The van der Waals surface area contributed by atoms with Gasteiger partial charge in [-0.25, -0.2) is 0 Å². The second-order valence-electron chi connectivity index (χ2n) is 9.32. The Bertz CT molecular complexity index is 661. The van der Waals surface area contributed by atoms with Gasteiger partial charge in [0.25, 0.3) is 0 Å². The molecule has 4 saturated carbocycles. The Labute approximate surface area is 162 Å². The lowest BCUT2D eigenvalue weighted by Gasteiger charge is -2.56. The van der Waals surface area contributed by atoms with Gasteiger partial charge < -0.3 is 15.5 Å². The first kappa shape index (κ1) is 17.3. The molecule has 0 radical (unpaired) electrons. The standard InChI is InChI=1S/C21H32N6/c1-2-6-22-18-23-19(25-20(24-18)27-7-4-3-5-8-27)26-21-12-15-9-16(13-21)11-17(10-15)14-21/h2,15-17H,1,3-14H2,(H2,22,23,24,25,26). The highest BCUT2D eigenvalue weighted by Gasteiger charge is 2.51. The summed E-state index contributed by atoms with van der Waals surface area (Å²) in [5.74, 6) is 4.97. The fourth-order valence-corrected chi connectivity index (χ4v) is 6.40. The molecule has 0 atom stereocenters. The van der Waals surface area contributed by atoms with Crippen LogP contribution in [0.2, 0.25) is 0 Å². The summed E-state index contributed by atoms with van der Waals surface area (Å²) in [7, 11) is 0. The summed E-state index contributed by atoms with van der Waals surface area (Å²) < 4.78 is 0. The third-order valence-electron chi connectivity index (χ3n) is 7.08. The molecule has 6 rings (SSSR count). The van der Waals surface area contributed by atoms with Crippen molar-refractivity contribution in [2.45, 2.75) is 63.3 Å². The molecule has 6 heteroatoms. The summed E-state index contributed by atoms with van der Waals surface area (Å²) in [6.45, 7) is 6.55. The van der Waals surface area contributed by atoms with Gasteiger partial charge in [-0.05, 0) is 75.5 Å². The summed E-state index contributed by atoms with van der Waals surface area (Å²) in [6, 6.07) is 0. The molecule has 1 aliphatic heterocycles. The number of nitrogens with zero attached hydrogens (tertiary/aromatic N) is 4. The Morgan fingerprint density at radius 2 is 1.56 bits per heavy atom. The van der Waals surface area contributed by atoms with Gasteiger partial charge >= 0.3 is 0 Å². The molecule has 4 aliphatic carbocycles. The monoisotopic (exact) mass is 368 g/mol. The zero-order valence-corrected chi connectivity index (χ0v) is 16.3. The SMILES string of the molecule is C=CCNc1nc(NC23CC4CC(CC(C4)C2)C3)nc(N2CCCCC2)n1. The van der Waals surface area contributed by atoms with E-state index in [4.69, 9.17) is 15.0 Å². The van der Waals surface area contributed by atoms with E-state index in [-0.39, 0.29) is 5.54 Å². The minimum Gasteiger partial charge on any atom is -0.351 e. The molecule has 0 aromatic carbocycles. The smallest absolute Gasteiger partial charge is 0.231 e. The molecule has 1 aromatic heterocycles. The van der Waals surface area contributed by atoms with Crippen LogP contribution in [0.3, 0.4) is 0 Å². The third kappa shape index (κ3) is 3.50. The van der Waals surface area contributed by atoms with Gasteiger partial charge in [-0.2, -0.15) is 15.0 Å². The lowest BCUT2D eigenvalue weighted by molar-refractivity contribution is 0.0103. The number of piperidine rings is 1. The highest BCUT2D eigenvalue weighted by Crippen LogP contribution is 2.56. The Morgan fingerprint density at radius 3 is 2.19 bits per heavy atom. The molecule has 1 saturated heterocycles. The fraction of sp³-hybridized carbons (Fsp3) is 0.762. The molecule has 2 N–H and O–H groups in total. The summed E-state index contributed by atoms with van der Waals surface area (Å²) in [4.78, 5) is 16.6. The zero-order valence-electron chi connectivity index (χ0n) is 16.3. The van der Waals surface area contributed by atoms with Crippen LogP contribution in [0.4, 0.5) is 17.8 Å². The number of hydrogen-bond acceptors (Lipinski definition) is 6. The lowest BCUT2D eigenvalue weighted by atomic mass is 9.53. The first-order chi connectivity index (χ1) is 13.2. The number of nitrogens with one attached hydrogen (secondary N) is 2. The van der Waals surface area contributed by atoms with E-state index in [1.165, 1.54) is 57.8 Å². The van der Waals surface area contributed by atoms with E-state index in [9.17, 15) is 0 Å². The van der Waals surface area contributed by atoms with E-state index < -0.39 is 0 Å². The predicted molar refractivity (Wildman–Crippen MR) is 109 cm³/mol. The van der Waals surface area contributed by atoms with Crippen LogP contribution in [0.15, 0.2) is 12.7 Å². The minimum atomic E-state index is 0.213. The predicted octanol–water partition coefficient (Wildman–Crippen LogP) is 3.84. The van der Waals surface area contributed by atoms with E-state index >= 15 is 0 Å². The number of hydrogen-bond donors (Lipinski definition) is 2. The molecule has 5 aliphatic rings. The van der Waals surface area contributed by atoms with Gasteiger partial charge in [0.15, 0.2) is 0 Å². The van der Waals surface area contributed by atoms with E-state index in [0.717, 1.165) is 42.7 Å². The van der Waals surface area contributed by atoms with Crippen molar-refractivity contribution in [3.63, 3.8) is 0 Å². The van der Waals surface area contributed by atoms with Crippen molar-refractivity contribution in [1.82, 2.24) is 15.0 Å². The van der Waals surface area contributed by atoms with Gasteiger partial charge in [-0.1, -0.05) is 6.08 Å². The van der Waals surface area contributed by atoms with Crippen LogP contribution >= 0.6 is 0 Å². The van der Waals surface area contributed by atoms with E-state index in [0.29, 0.717) is 12.5 Å². The molecule has 27 heavy (non-hydrogen) atoms. The van der Waals surface area contributed by atoms with Gasteiger partial charge in [0, 0.05) is 25.2 Å². The van der Waals surface area contributed by atoms with Crippen LogP contribution in [0, 0.1) is 17.8 Å². The van der Waals surface area contributed by atoms with E-state index in [2.05, 4.69) is 22.1 Å². The Morgan fingerprint density at radius 1 is 0.926 bits per heavy atom. The van der Waals surface area contributed by atoms with Crippen LogP contribution in [0.5, 0.6) is 0 Å². The van der Waals surface area contributed by atoms with Crippen molar-refractivity contribution in [3.05, 3.63) is 12.7 Å². The van der Waals surface area contributed by atoms with Gasteiger partial charge in [-0.15, -0.1) is 6.58 Å². The molecule has 146 valence electrons. The van der Waals surface area contributed by atoms with Crippen LogP contribution in [-0.4, -0.2) is 40.1 Å². The van der Waals surface area contributed by atoms with Crippen molar-refractivity contribution in [1.29, 1.82) is 0 Å². The third-order valence-corrected chi connectivity index (χ3v) is 7.08. The number of anilines is 3.